The van der Waals surface area contributed by atoms with Crippen molar-refractivity contribution in [2.75, 3.05) is 6.23 Å². The predicted octanol–water partition coefficient (Wildman–Crippen LogP) is 2.31. The standard InChI is InChI=1S/C5H11Cl2OSi/c1-5(2,3)8-4-9(6)7/h4H2,1-3H3. The van der Waals surface area contributed by atoms with Crippen LogP contribution < -0.4 is 0 Å². The van der Waals surface area contributed by atoms with Gasteiger partial charge in [0.05, 0.1) is 11.8 Å². The number of hydrogen-bond acceptors (Lipinski definition) is 1. The molecule has 1 radical (unpaired) electrons. The summed E-state index contributed by atoms with van der Waals surface area (Å²) in [6.45, 7) is 5.93. The molecule has 0 amide bonds. The summed E-state index contributed by atoms with van der Waals surface area (Å²) < 4.78 is 5.27. The minimum atomic E-state index is -1.25. The van der Waals surface area contributed by atoms with Crippen LogP contribution >= 0.6 is 22.2 Å². The average molecular weight is 186 g/mol. The molecule has 0 fully saturated rings. The summed E-state index contributed by atoms with van der Waals surface area (Å²) in [6.07, 6.45) is 0.497. The molecule has 4 heteroatoms. The highest BCUT2D eigenvalue weighted by molar-refractivity contribution is 7.33. The van der Waals surface area contributed by atoms with Crippen molar-refractivity contribution < 1.29 is 4.74 Å². The van der Waals surface area contributed by atoms with Gasteiger partial charge in [-0.25, -0.2) is 0 Å². The monoisotopic (exact) mass is 185 g/mol. The van der Waals surface area contributed by atoms with Gasteiger partial charge in [-0.3, -0.25) is 0 Å². The third-order valence-corrected chi connectivity index (χ3v) is 1.63. The van der Waals surface area contributed by atoms with E-state index < -0.39 is 7.42 Å². The van der Waals surface area contributed by atoms with Gasteiger partial charge in [-0.15, -0.1) is 22.2 Å². The predicted molar refractivity (Wildman–Crippen MR) is 43.2 cm³/mol. The van der Waals surface area contributed by atoms with Gasteiger partial charge < -0.3 is 4.74 Å². The lowest BCUT2D eigenvalue weighted by Gasteiger charge is -2.18. The topological polar surface area (TPSA) is 9.23 Å². The minimum absolute atomic E-state index is 0.111. The first-order valence-corrected chi connectivity index (χ1v) is 6.46. The molecule has 0 saturated carbocycles. The Hall–Kier alpha value is 0.757. The van der Waals surface area contributed by atoms with E-state index in [1.54, 1.807) is 0 Å². The third kappa shape index (κ3) is 8.76. The zero-order valence-corrected chi connectivity index (χ0v) is 8.38. The molecule has 55 valence electrons. The number of halogens is 2. The molecule has 0 aliphatic heterocycles. The van der Waals surface area contributed by atoms with Crippen LogP contribution in [0.3, 0.4) is 0 Å². The molecule has 0 aliphatic carbocycles. The minimum Gasteiger partial charge on any atom is -0.376 e. The van der Waals surface area contributed by atoms with E-state index >= 15 is 0 Å². The summed E-state index contributed by atoms with van der Waals surface area (Å²) in [7, 11) is -1.25. The summed E-state index contributed by atoms with van der Waals surface area (Å²) >= 11 is 11.1. The summed E-state index contributed by atoms with van der Waals surface area (Å²) in [5.41, 5.74) is -0.111. The molecule has 0 saturated heterocycles. The van der Waals surface area contributed by atoms with Crippen LogP contribution in [-0.2, 0) is 4.74 Å². The highest BCUT2D eigenvalue weighted by Crippen LogP contribution is 2.08. The molecule has 1 nitrogen and oxygen atoms in total. The van der Waals surface area contributed by atoms with Crippen molar-refractivity contribution >= 4 is 29.6 Å². The quantitative estimate of drug-likeness (QED) is 0.475. The van der Waals surface area contributed by atoms with Gasteiger partial charge in [0, 0.05) is 0 Å². The fourth-order valence-electron chi connectivity index (χ4n) is 0.271. The Bertz CT molecular complexity index is 79.5. The van der Waals surface area contributed by atoms with Crippen molar-refractivity contribution in [3.8, 4) is 0 Å². The van der Waals surface area contributed by atoms with Crippen LogP contribution in [0.5, 0.6) is 0 Å². The molecule has 0 aliphatic rings. The fraction of sp³-hybridized carbons (Fsp3) is 1.00. The number of ether oxygens (including phenoxy) is 1. The molecule has 0 N–H and O–H groups in total. The van der Waals surface area contributed by atoms with Gasteiger partial charge in [-0.1, -0.05) is 0 Å². The van der Waals surface area contributed by atoms with Crippen LogP contribution in [0, 0.1) is 0 Å². The first kappa shape index (κ1) is 9.76. The molecule has 0 aromatic rings. The Morgan fingerprint density at radius 1 is 1.33 bits per heavy atom. The molecule has 0 unspecified atom stereocenters. The lowest BCUT2D eigenvalue weighted by molar-refractivity contribution is 0.0250. The highest BCUT2D eigenvalue weighted by Gasteiger charge is 2.13. The maximum absolute atomic E-state index is 5.53. The van der Waals surface area contributed by atoms with E-state index in [1.165, 1.54) is 0 Å². The van der Waals surface area contributed by atoms with Gasteiger partial charge in [0.1, 0.15) is 0 Å². The molecule has 0 bridgehead atoms. The largest absolute Gasteiger partial charge is 0.376 e. The maximum Gasteiger partial charge on any atom is 0.300 e. The zero-order valence-electron chi connectivity index (χ0n) is 5.87. The molecule has 0 atom stereocenters. The van der Waals surface area contributed by atoms with Gasteiger partial charge >= 0.3 is 0 Å². The van der Waals surface area contributed by atoms with Crippen molar-refractivity contribution in [2.24, 2.45) is 0 Å². The molecular formula is C5H11Cl2OSi. The van der Waals surface area contributed by atoms with Gasteiger partial charge in [0.2, 0.25) is 0 Å². The van der Waals surface area contributed by atoms with Crippen LogP contribution in [0.25, 0.3) is 0 Å². The summed E-state index contributed by atoms with van der Waals surface area (Å²) in [5.74, 6) is 0. The maximum atomic E-state index is 5.53. The second-order valence-electron chi connectivity index (χ2n) is 2.74. The summed E-state index contributed by atoms with van der Waals surface area (Å²) in [5, 5.41) is 0. The highest BCUT2D eigenvalue weighted by atomic mass is 35.7. The van der Waals surface area contributed by atoms with Crippen LogP contribution in [0.15, 0.2) is 0 Å². The Morgan fingerprint density at radius 3 is 1.89 bits per heavy atom. The van der Waals surface area contributed by atoms with E-state index in [9.17, 15) is 0 Å². The summed E-state index contributed by atoms with van der Waals surface area (Å²) in [4.78, 5) is 0. The van der Waals surface area contributed by atoms with Crippen molar-refractivity contribution in [2.45, 2.75) is 26.4 Å². The summed E-state index contributed by atoms with van der Waals surface area (Å²) in [6, 6.07) is 0. The van der Waals surface area contributed by atoms with E-state index in [-0.39, 0.29) is 5.60 Å². The molecule has 0 aromatic heterocycles. The second kappa shape index (κ2) is 3.81. The van der Waals surface area contributed by atoms with Crippen LogP contribution in [0.4, 0.5) is 0 Å². The number of rotatable bonds is 2. The van der Waals surface area contributed by atoms with Gasteiger partial charge in [0.25, 0.3) is 7.42 Å². The van der Waals surface area contributed by atoms with Crippen molar-refractivity contribution in [3.05, 3.63) is 0 Å². The van der Waals surface area contributed by atoms with Gasteiger partial charge in [-0.2, -0.15) is 0 Å². The Morgan fingerprint density at radius 2 is 1.78 bits per heavy atom. The van der Waals surface area contributed by atoms with Crippen molar-refractivity contribution in [3.63, 3.8) is 0 Å². The van der Waals surface area contributed by atoms with E-state index in [0.717, 1.165) is 0 Å². The average Bonchev–Trinajstić information content (AvgIpc) is 1.59. The van der Waals surface area contributed by atoms with E-state index in [2.05, 4.69) is 0 Å². The van der Waals surface area contributed by atoms with Crippen molar-refractivity contribution in [1.82, 2.24) is 0 Å². The number of hydrogen-bond donors (Lipinski definition) is 0. The molecule has 0 spiro atoms. The molecular weight excluding hydrogens is 175 g/mol. The van der Waals surface area contributed by atoms with E-state index in [4.69, 9.17) is 26.9 Å². The first-order valence-electron chi connectivity index (χ1n) is 2.72. The molecule has 9 heavy (non-hydrogen) atoms. The Labute approximate surface area is 67.3 Å². The van der Waals surface area contributed by atoms with Crippen LogP contribution in [0.2, 0.25) is 0 Å². The molecule has 0 aromatic carbocycles. The van der Waals surface area contributed by atoms with Gasteiger partial charge in [0.15, 0.2) is 0 Å². The lowest BCUT2D eigenvalue weighted by atomic mass is 10.2. The second-order valence-corrected chi connectivity index (χ2v) is 7.02. The first-order chi connectivity index (χ1) is 3.92. The zero-order chi connectivity index (χ0) is 7.49. The normalized spacial score (nSPS) is 12.7. The Balaban J connectivity index is 3.28. The van der Waals surface area contributed by atoms with Crippen LogP contribution in [-0.4, -0.2) is 19.2 Å². The fourth-order valence-corrected chi connectivity index (χ4v) is 1.14. The Kier molecular flexibility index (Phi) is 4.13. The van der Waals surface area contributed by atoms with Crippen LogP contribution in [0.1, 0.15) is 20.8 Å². The smallest absolute Gasteiger partial charge is 0.300 e. The third-order valence-electron chi connectivity index (χ3n) is 0.614. The molecule has 0 heterocycles. The SMILES string of the molecule is CC(C)(C)OC[Si](Cl)Cl. The lowest BCUT2D eigenvalue weighted by Crippen LogP contribution is -2.23. The molecule has 0 rings (SSSR count). The van der Waals surface area contributed by atoms with Gasteiger partial charge in [-0.05, 0) is 20.8 Å². The van der Waals surface area contributed by atoms with E-state index in [1.807, 2.05) is 20.8 Å². The van der Waals surface area contributed by atoms with E-state index in [0.29, 0.717) is 6.23 Å². The van der Waals surface area contributed by atoms with Crippen molar-refractivity contribution in [1.29, 1.82) is 0 Å².